The van der Waals surface area contributed by atoms with Gasteiger partial charge in [-0.05, 0) is 18.9 Å². The van der Waals surface area contributed by atoms with Crippen molar-refractivity contribution in [2.75, 3.05) is 13.1 Å². The predicted octanol–water partition coefficient (Wildman–Crippen LogP) is 2.98. The van der Waals surface area contributed by atoms with Crippen LogP contribution in [-0.2, 0) is 4.74 Å². The van der Waals surface area contributed by atoms with Crippen molar-refractivity contribution < 1.29 is 9.53 Å². The standard InChI is InChI=1S/C14H19NO2/c1-3-9-15(10-4-2)13-11-7-5-6-8-12(11)14(16)17-13/h5-8,13H,3-4,9-10H2,1-2H3. The summed E-state index contributed by atoms with van der Waals surface area (Å²) in [5.74, 6) is -0.192. The molecule has 0 bridgehead atoms. The van der Waals surface area contributed by atoms with Crippen molar-refractivity contribution in [1.82, 2.24) is 4.90 Å². The van der Waals surface area contributed by atoms with E-state index in [2.05, 4.69) is 18.7 Å². The first-order valence-electron chi connectivity index (χ1n) is 6.31. The lowest BCUT2D eigenvalue weighted by molar-refractivity contribution is -0.0232. The third-order valence-electron chi connectivity index (χ3n) is 3.02. The summed E-state index contributed by atoms with van der Waals surface area (Å²) in [5, 5.41) is 0. The molecule has 1 aliphatic heterocycles. The third-order valence-corrected chi connectivity index (χ3v) is 3.02. The van der Waals surface area contributed by atoms with E-state index in [0.717, 1.165) is 37.1 Å². The van der Waals surface area contributed by atoms with E-state index in [1.165, 1.54) is 0 Å². The lowest BCUT2D eigenvalue weighted by Crippen LogP contribution is -2.30. The van der Waals surface area contributed by atoms with E-state index in [1.807, 2.05) is 24.3 Å². The van der Waals surface area contributed by atoms with Gasteiger partial charge in [0.05, 0.1) is 5.56 Å². The summed E-state index contributed by atoms with van der Waals surface area (Å²) >= 11 is 0. The van der Waals surface area contributed by atoms with E-state index in [1.54, 1.807) is 0 Å². The molecule has 1 aliphatic rings. The Bertz CT molecular complexity index is 397. The number of carbonyl (C=O) groups excluding carboxylic acids is 1. The largest absolute Gasteiger partial charge is 0.438 e. The molecule has 0 radical (unpaired) electrons. The van der Waals surface area contributed by atoms with Gasteiger partial charge in [0.2, 0.25) is 0 Å². The zero-order valence-corrected chi connectivity index (χ0v) is 10.5. The lowest BCUT2D eigenvalue weighted by Gasteiger charge is -2.27. The number of ether oxygens (including phenoxy) is 1. The Labute approximate surface area is 102 Å². The van der Waals surface area contributed by atoms with Crippen LogP contribution in [0.4, 0.5) is 0 Å². The second-order valence-corrected chi connectivity index (χ2v) is 4.38. The fourth-order valence-corrected chi connectivity index (χ4v) is 2.32. The van der Waals surface area contributed by atoms with Gasteiger partial charge in [-0.3, -0.25) is 4.90 Å². The zero-order chi connectivity index (χ0) is 12.3. The van der Waals surface area contributed by atoms with Crippen LogP contribution >= 0.6 is 0 Å². The molecule has 0 saturated heterocycles. The number of carbonyl (C=O) groups is 1. The van der Waals surface area contributed by atoms with Crippen molar-refractivity contribution in [2.24, 2.45) is 0 Å². The van der Waals surface area contributed by atoms with E-state index < -0.39 is 0 Å². The molecule has 2 rings (SSSR count). The number of hydrogen-bond donors (Lipinski definition) is 0. The Morgan fingerprint density at radius 1 is 1.18 bits per heavy atom. The normalized spacial score (nSPS) is 18.3. The number of benzene rings is 1. The van der Waals surface area contributed by atoms with Crippen LogP contribution in [-0.4, -0.2) is 24.0 Å². The van der Waals surface area contributed by atoms with E-state index in [0.29, 0.717) is 0 Å². The summed E-state index contributed by atoms with van der Waals surface area (Å²) < 4.78 is 5.49. The van der Waals surface area contributed by atoms with Crippen LogP contribution in [0.15, 0.2) is 24.3 Å². The van der Waals surface area contributed by atoms with Crippen LogP contribution in [0.2, 0.25) is 0 Å². The molecule has 0 fully saturated rings. The fourth-order valence-electron chi connectivity index (χ4n) is 2.32. The van der Waals surface area contributed by atoms with Gasteiger partial charge in [-0.15, -0.1) is 0 Å². The molecule has 1 heterocycles. The molecular weight excluding hydrogens is 214 g/mol. The van der Waals surface area contributed by atoms with Crippen LogP contribution in [0.1, 0.15) is 48.8 Å². The van der Waals surface area contributed by atoms with Gasteiger partial charge in [-0.1, -0.05) is 32.0 Å². The molecule has 0 N–H and O–H groups in total. The van der Waals surface area contributed by atoms with Gasteiger partial charge in [0.15, 0.2) is 6.23 Å². The summed E-state index contributed by atoms with van der Waals surface area (Å²) in [6.07, 6.45) is 1.95. The number of esters is 1. The molecule has 1 atom stereocenters. The molecule has 0 aromatic heterocycles. The van der Waals surface area contributed by atoms with Gasteiger partial charge in [-0.25, -0.2) is 4.79 Å². The molecule has 1 aromatic carbocycles. The maximum Gasteiger partial charge on any atom is 0.340 e. The number of hydrogen-bond acceptors (Lipinski definition) is 3. The Kier molecular flexibility index (Phi) is 3.79. The number of cyclic esters (lactones) is 1. The number of nitrogens with zero attached hydrogens (tertiary/aromatic N) is 1. The first-order valence-corrected chi connectivity index (χ1v) is 6.31. The van der Waals surface area contributed by atoms with E-state index in [9.17, 15) is 4.79 Å². The van der Waals surface area contributed by atoms with E-state index >= 15 is 0 Å². The molecule has 1 aromatic rings. The topological polar surface area (TPSA) is 29.5 Å². The van der Waals surface area contributed by atoms with Gasteiger partial charge in [0.1, 0.15) is 0 Å². The Balaban J connectivity index is 2.25. The SMILES string of the molecule is CCCN(CCC)C1OC(=O)c2ccccc21. The Hall–Kier alpha value is -1.35. The van der Waals surface area contributed by atoms with Gasteiger partial charge in [0, 0.05) is 18.7 Å². The molecule has 0 spiro atoms. The average molecular weight is 233 g/mol. The minimum Gasteiger partial charge on any atom is -0.438 e. The van der Waals surface area contributed by atoms with Crippen LogP contribution in [0.25, 0.3) is 0 Å². The van der Waals surface area contributed by atoms with Crippen molar-refractivity contribution in [3.8, 4) is 0 Å². The smallest absolute Gasteiger partial charge is 0.340 e. The van der Waals surface area contributed by atoms with Gasteiger partial charge >= 0.3 is 5.97 Å². The van der Waals surface area contributed by atoms with E-state index in [4.69, 9.17) is 4.74 Å². The van der Waals surface area contributed by atoms with Crippen LogP contribution in [0, 0.1) is 0 Å². The molecule has 0 amide bonds. The maximum absolute atomic E-state index is 11.7. The quantitative estimate of drug-likeness (QED) is 0.732. The molecule has 3 nitrogen and oxygen atoms in total. The van der Waals surface area contributed by atoms with Crippen molar-refractivity contribution in [1.29, 1.82) is 0 Å². The highest BCUT2D eigenvalue weighted by molar-refractivity contribution is 5.93. The highest BCUT2D eigenvalue weighted by atomic mass is 16.6. The Morgan fingerprint density at radius 2 is 1.82 bits per heavy atom. The van der Waals surface area contributed by atoms with E-state index in [-0.39, 0.29) is 12.2 Å². The highest BCUT2D eigenvalue weighted by Gasteiger charge is 2.33. The van der Waals surface area contributed by atoms with Crippen molar-refractivity contribution in [3.05, 3.63) is 35.4 Å². The van der Waals surface area contributed by atoms with Crippen molar-refractivity contribution in [3.63, 3.8) is 0 Å². The first kappa shape index (κ1) is 12.1. The van der Waals surface area contributed by atoms with Crippen molar-refractivity contribution in [2.45, 2.75) is 32.9 Å². The fraction of sp³-hybridized carbons (Fsp3) is 0.500. The van der Waals surface area contributed by atoms with Gasteiger partial charge in [-0.2, -0.15) is 0 Å². The van der Waals surface area contributed by atoms with Crippen LogP contribution < -0.4 is 0 Å². The monoisotopic (exact) mass is 233 g/mol. The van der Waals surface area contributed by atoms with Crippen LogP contribution in [0.3, 0.4) is 0 Å². The minimum absolute atomic E-state index is 0.182. The summed E-state index contributed by atoms with van der Waals surface area (Å²) in [7, 11) is 0. The average Bonchev–Trinajstić information content (AvgIpc) is 2.67. The molecule has 1 unspecified atom stereocenters. The molecule has 0 saturated carbocycles. The summed E-state index contributed by atoms with van der Waals surface area (Å²) in [6.45, 7) is 6.21. The second-order valence-electron chi connectivity index (χ2n) is 4.38. The predicted molar refractivity (Wildman–Crippen MR) is 66.8 cm³/mol. The van der Waals surface area contributed by atoms with Crippen molar-refractivity contribution >= 4 is 5.97 Å². The zero-order valence-electron chi connectivity index (χ0n) is 10.5. The van der Waals surface area contributed by atoms with Gasteiger partial charge in [0.25, 0.3) is 0 Å². The minimum atomic E-state index is -0.192. The summed E-state index contributed by atoms with van der Waals surface area (Å²) in [5.41, 5.74) is 1.73. The summed E-state index contributed by atoms with van der Waals surface area (Å²) in [4.78, 5) is 14.0. The Morgan fingerprint density at radius 3 is 2.47 bits per heavy atom. The first-order chi connectivity index (χ1) is 8.27. The molecule has 17 heavy (non-hydrogen) atoms. The number of fused-ring (bicyclic) bond motifs is 1. The third kappa shape index (κ3) is 2.34. The molecule has 3 heteroatoms. The highest BCUT2D eigenvalue weighted by Crippen LogP contribution is 2.33. The van der Waals surface area contributed by atoms with Gasteiger partial charge < -0.3 is 4.74 Å². The van der Waals surface area contributed by atoms with Crippen LogP contribution in [0.5, 0.6) is 0 Å². The lowest BCUT2D eigenvalue weighted by atomic mass is 10.1. The second kappa shape index (κ2) is 5.32. The summed E-state index contributed by atoms with van der Waals surface area (Å²) in [6, 6.07) is 7.67. The molecular formula is C14H19NO2. The maximum atomic E-state index is 11.7. The molecule has 0 aliphatic carbocycles. The molecule has 92 valence electrons. The number of rotatable bonds is 5.